The van der Waals surface area contributed by atoms with E-state index in [1.807, 2.05) is 0 Å². The number of carbonyl (C=O) groups is 1. The number of cyclic esters (lactones) is 1. The molecule has 1 heterocycles. The van der Waals surface area contributed by atoms with Gasteiger partial charge >= 0.3 is 5.97 Å². The van der Waals surface area contributed by atoms with Gasteiger partial charge in [0.15, 0.2) is 8.32 Å². The molecule has 5 unspecified atom stereocenters. The summed E-state index contributed by atoms with van der Waals surface area (Å²) < 4.78 is 12.4. The van der Waals surface area contributed by atoms with Crippen molar-refractivity contribution < 1.29 is 14.0 Å². The minimum Gasteiger partial charge on any atom is -0.465 e. The molecular weight excluding hydrogens is 340 g/mol. The molecule has 0 amide bonds. The van der Waals surface area contributed by atoms with Crippen LogP contribution in [0.25, 0.3) is 0 Å². The number of carbonyl (C=O) groups excluding carboxylic acids is 1. The average Bonchev–Trinajstić information content (AvgIpc) is 2.77. The van der Waals surface area contributed by atoms with Gasteiger partial charge in [-0.1, -0.05) is 13.8 Å². The van der Waals surface area contributed by atoms with Gasteiger partial charge in [0.05, 0.1) is 12.2 Å². The van der Waals surface area contributed by atoms with Crippen LogP contribution in [0.1, 0.15) is 65.7 Å². The smallest absolute Gasteiger partial charge is 0.306 e. The molecule has 7 atom stereocenters. The SMILES string of the molecule is CC12COC(=O)C[C@@H]1CCC1C2CCC2(C)C1CC[C@@]2(C)O[Si](C)(C)C. The van der Waals surface area contributed by atoms with Crippen LogP contribution in [0, 0.1) is 34.5 Å². The molecular formula is C22H38O3Si. The zero-order valence-corrected chi connectivity index (χ0v) is 18.7. The Morgan fingerprint density at radius 3 is 2.38 bits per heavy atom. The zero-order valence-electron chi connectivity index (χ0n) is 17.7. The number of rotatable bonds is 2. The van der Waals surface area contributed by atoms with E-state index in [4.69, 9.17) is 9.16 Å². The number of hydrogen-bond donors (Lipinski definition) is 0. The van der Waals surface area contributed by atoms with E-state index in [0.717, 1.165) is 17.8 Å². The van der Waals surface area contributed by atoms with Crippen molar-refractivity contribution in [2.24, 2.45) is 34.5 Å². The molecule has 1 saturated heterocycles. The molecule has 0 aromatic heterocycles. The Kier molecular flexibility index (Phi) is 4.25. The molecule has 4 rings (SSSR count). The largest absolute Gasteiger partial charge is 0.465 e. The highest BCUT2D eigenvalue weighted by Crippen LogP contribution is 2.68. The lowest BCUT2D eigenvalue weighted by Gasteiger charge is -2.61. The van der Waals surface area contributed by atoms with Gasteiger partial charge in [0.25, 0.3) is 0 Å². The van der Waals surface area contributed by atoms with Crippen LogP contribution >= 0.6 is 0 Å². The van der Waals surface area contributed by atoms with Gasteiger partial charge in [-0.2, -0.15) is 0 Å². The molecule has 26 heavy (non-hydrogen) atoms. The highest BCUT2D eigenvalue weighted by atomic mass is 28.4. The van der Waals surface area contributed by atoms with Gasteiger partial charge in [-0.25, -0.2) is 0 Å². The summed E-state index contributed by atoms with van der Waals surface area (Å²) in [4.78, 5) is 11.8. The Morgan fingerprint density at radius 1 is 1.00 bits per heavy atom. The lowest BCUT2D eigenvalue weighted by atomic mass is 9.46. The van der Waals surface area contributed by atoms with E-state index in [2.05, 4.69) is 40.4 Å². The lowest BCUT2D eigenvalue weighted by molar-refractivity contribution is -0.185. The third-order valence-electron chi connectivity index (χ3n) is 9.08. The molecule has 4 heteroatoms. The zero-order chi connectivity index (χ0) is 19.0. The maximum atomic E-state index is 11.8. The molecule has 0 aromatic rings. The highest BCUT2D eigenvalue weighted by molar-refractivity contribution is 6.69. The monoisotopic (exact) mass is 378 g/mol. The third-order valence-corrected chi connectivity index (χ3v) is 10.1. The van der Waals surface area contributed by atoms with Crippen molar-refractivity contribution in [2.75, 3.05) is 6.61 Å². The molecule has 0 N–H and O–H groups in total. The summed E-state index contributed by atoms with van der Waals surface area (Å²) in [6.45, 7) is 15.0. The number of hydrogen-bond acceptors (Lipinski definition) is 3. The first-order chi connectivity index (χ1) is 12.0. The van der Waals surface area contributed by atoms with Crippen LogP contribution in [-0.2, 0) is 14.0 Å². The Hall–Kier alpha value is -0.353. The Labute approximate surface area is 160 Å². The van der Waals surface area contributed by atoms with Crippen LogP contribution in [0.2, 0.25) is 19.6 Å². The first kappa shape index (κ1) is 19.0. The predicted molar refractivity (Wildman–Crippen MR) is 106 cm³/mol. The summed E-state index contributed by atoms with van der Waals surface area (Å²) in [5.41, 5.74) is 0.559. The van der Waals surface area contributed by atoms with Gasteiger partial charge in [0, 0.05) is 11.8 Å². The molecule has 3 saturated carbocycles. The molecule has 0 bridgehead atoms. The fraction of sp³-hybridized carbons (Fsp3) is 0.955. The fourth-order valence-electron chi connectivity index (χ4n) is 7.66. The van der Waals surface area contributed by atoms with Gasteiger partial charge in [-0.15, -0.1) is 0 Å². The van der Waals surface area contributed by atoms with Gasteiger partial charge < -0.3 is 9.16 Å². The van der Waals surface area contributed by atoms with E-state index < -0.39 is 8.32 Å². The van der Waals surface area contributed by atoms with Crippen molar-refractivity contribution in [3.05, 3.63) is 0 Å². The van der Waals surface area contributed by atoms with Gasteiger partial charge in [0.2, 0.25) is 0 Å². The number of fused-ring (bicyclic) bond motifs is 5. The fourth-order valence-corrected chi connectivity index (χ4v) is 9.35. The molecule has 3 nitrogen and oxygen atoms in total. The molecule has 4 fully saturated rings. The van der Waals surface area contributed by atoms with Crippen molar-refractivity contribution in [3.8, 4) is 0 Å². The Bertz CT molecular complexity index is 599. The maximum absolute atomic E-state index is 11.8. The van der Waals surface area contributed by atoms with Crippen molar-refractivity contribution in [2.45, 2.75) is 91.0 Å². The molecule has 0 spiro atoms. The molecule has 4 aliphatic rings. The Morgan fingerprint density at radius 2 is 1.69 bits per heavy atom. The molecule has 0 aromatic carbocycles. The molecule has 1 aliphatic heterocycles. The van der Waals surface area contributed by atoms with Crippen molar-refractivity contribution in [3.63, 3.8) is 0 Å². The second-order valence-corrected chi connectivity index (χ2v) is 15.9. The van der Waals surface area contributed by atoms with E-state index in [1.165, 1.54) is 38.5 Å². The van der Waals surface area contributed by atoms with Crippen LogP contribution in [-0.4, -0.2) is 26.5 Å². The van der Waals surface area contributed by atoms with Crippen molar-refractivity contribution >= 4 is 14.3 Å². The van der Waals surface area contributed by atoms with Crippen LogP contribution in [0.15, 0.2) is 0 Å². The quantitative estimate of drug-likeness (QED) is 0.476. The van der Waals surface area contributed by atoms with Gasteiger partial charge in [-0.05, 0) is 94.2 Å². The minimum absolute atomic E-state index is 0.0311. The molecule has 3 aliphatic carbocycles. The molecule has 148 valence electrons. The number of ether oxygens (including phenoxy) is 1. The summed E-state index contributed by atoms with van der Waals surface area (Å²) in [5, 5.41) is 0. The van der Waals surface area contributed by atoms with Crippen LogP contribution in [0.5, 0.6) is 0 Å². The molecule has 0 radical (unpaired) electrons. The first-order valence-electron chi connectivity index (χ1n) is 10.8. The lowest BCUT2D eigenvalue weighted by Crippen LogP contribution is -2.59. The van der Waals surface area contributed by atoms with E-state index in [-0.39, 0.29) is 17.0 Å². The average molecular weight is 379 g/mol. The van der Waals surface area contributed by atoms with E-state index >= 15 is 0 Å². The summed E-state index contributed by atoms with van der Waals surface area (Å²) in [5.74, 6) is 2.86. The first-order valence-corrected chi connectivity index (χ1v) is 14.3. The summed E-state index contributed by atoms with van der Waals surface area (Å²) >= 11 is 0. The van der Waals surface area contributed by atoms with Gasteiger partial charge in [0.1, 0.15) is 0 Å². The van der Waals surface area contributed by atoms with Crippen molar-refractivity contribution in [1.82, 2.24) is 0 Å². The maximum Gasteiger partial charge on any atom is 0.306 e. The van der Waals surface area contributed by atoms with E-state index in [0.29, 0.717) is 24.4 Å². The summed E-state index contributed by atoms with van der Waals surface area (Å²) in [6.07, 6.45) is 8.27. The second kappa shape index (κ2) is 5.82. The summed E-state index contributed by atoms with van der Waals surface area (Å²) in [6, 6.07) is 0. The van der Waals surface area contributed by atoms with Crippen molar-refractivity contribution in [1.29, 1.82) is 0 Å². The van der Waals surface area contributed by atoms with Crippen LogP contribution in [0.4, 0.5) is 0 Å². The predicted octanol–water partition coefficient (Wildman–Crippen LogP) is 5.40. The summed E-state index contributed by atoms with van der Waals surface area (Å²) in [7, 11) is -1.57. The second-order valence-electron chi connectivity index (χ2n) is 11.5. The Balaban J connectivity index is 1.61. The van der Waals surface area contributed by atoms with Crippen LogP contribution < -0.4 is 0 Å². The van der Waals surface area contributed by atoms with E-state index in [1.54, 1.807) is 0 Å². The topological polar surface area (TPSA) is 35.5 Å². The van der Waals surface area contributed by atoms with E-state index in [9.17, 15) is 4.79 Å². The standard InChI is InChI=1S/C22H38O3Si/c1-20-14-24-19(23)13-15(20)7-8-16-17(20)9-11-21(2)18(16)10-12-22(21,3)25-26(4,5)6/h15-18H,7-14H2,1-6H3/t15-,16?,17?,18?,20?,21?,22+/m0/s1. The third kappa shape index (κ3) is 2.65. The van der Waals surface area contributed by atoms with Gasteiger partial charge in [-0.3, -0.25) is 4.79 Å². The number of esters is 1. The normalized spacial score (nSPS) is 51.2. The highest BCUT2D eigenvalue weighted by Gasteiger charge is 2.64. The minimum atomic E-state index is -1.57. The van der Waals surface area contributed by atoms with Crippen LogP contribution in [0.3, 0.4) is 0 Å².